The van der Waals surface area contributed by atoms with Gasteiger partial charge in [-0.3, -0.25) is 14.0 Å². The van der Waals surface area contributed by atoms with Gasteiger partial charge in [-0.25, -0.2) is 14.1 Å². The van der Waals surface area contributed by atoms with Crippen molar-refractivity contribution in [1.82, 2.24) is 34.0 Å². The fourth-order valence-electron chi connectivity index (χ4n) is 5.40. The number of aromatic nitrogens is 6. The molecule has 3 aromatic heterocycles. The molecular weight excluding hydrogens is 509 g/mol. The maximum Gasteiger partial charge on any atom is 0.264 e. The second-order valence-corrected chi connectivity index (χ2v) is 10.7. The monoisotopic (exact) mass is 541 g/mol. The van der Waals surface area contributed by atoms with E-state index in [1.165, 1.54) is 29.2 Å². The highest BCUT2D eigenvalue weighted by atomic mass is 19.1. The van der Waals surface area contributed by atoms with Crippen LogP contribution in [0.5, 0.6) is 0 Å². The van der Waals surface area contributed by atoms with Gasteiger partial charge in [-0.05, 0) is 67.6 Å². The average molecular weight is 542 g/mol. The van der Waals surface area contributed by atoms with Crippen molar-refractivity contribution in [3.05, 3.63) is 95.7 Å². The Morgan fingerprint density at radius 3 is 2.40 bits per heavy atom. The van der Waals surface area contributed by atoms with Crippen molar-refractivity contribution >= 4 is 11.0 Å². The molecule has 6 rings (SSSR count). The summed E-state index contributed by atoms with van der Waals surface area (Å²) in [5.41, 5.74) is 1.90. The lowest BCUT2D eigenvalue weighted by atomic mass is 9.91. The minimum absolute atomic E-state index is 0.198. The van der Waals surface area contributed by atoms with E-state index in [0.29, 0.717) is 29.9 Å². The van der Waals surface area contributed by atoms with Crippen LogP contribution in [0.15, 0.2) is 84.3 Å². The molecule has 0 amide bonds. The number of rotatable bonds is 8. The second kappa shape index (κ2) is 10.8. The van der Waals surface area contributed by atoms with E-state index < -0.39 is 5.60 Å². The molecule has 0 spiro atoms. The summed E-state index contributed by atoms with van der Waals surface area (Å²) < 4.78 is 18.4. The zero-order valence-electron chi connectivity index (χ0n) is 22.4. The van der Waals surface area contributed by atoms with Gasteiger partial charge in [0.1, 0.15) is 17.5 Å². The van der Waals surface area contributed by atoms with E-state index >= 15 is 0 Å². The summed E-state index contributed by atoms with van der Waals surface area (Å²) >= 11 is 0. The first-order valence-electron chi connectivity index (χ1n) is 13.6. The van der Waals surface area contributed by atoms with Crippen molar-refractivity contribution in [2.45, 2.75) is 44.4 Å². The summed E-state index contributed by atoms with van der Waals surface area (Å²) in [7, 11) is 0. The topological polar surface area (TPSA) is 94.0 Å². The zero-order chi connectivity index (χ0) is 27.7. The van der Waals surface area contributed by atoms with E-state index in [1.807, 2.05) is 41.2 Å². The SMILES string of the molecule is C[C@@H](CCN1CCC(O)(Cn2cnc3c(cnn3-c3ccc(-c4ccc(F)cc4)cc3)c2=O)CC1)n1cccn1. The van der Waals surface area contributed by atoms with E-state index in [9.17, 15) is 14.3 Å². The van der Waals surface area contributed by atoms with Crippen molar-refractivity contribution in [3.63, 3.8) is 0 Å². The fraction of sp³-hybridized carbons (Fsp3) is 0.333. The van der Waals surface area contributed by atoms with Crippen LogP contribution in [0.2, 0.25) is 0 Å². The van der Waals surface area contributed by atoms with Crippen molar-refractivity contribution in [2.24, 2.45) is 0 Å². The van der Waals surface area contributed by atoms with Crippen molar-refractivity contribution in [3.8, 4) is 16.8 Å². The molecule has 1 aliphatic rings. The first-order chi connectivity index (χ1) is 19.4. The lowest BCUT2D eigenvalue weighted by molar-refractivity contribution is -0.0354. The van der Waals surface area contributed by atoms with Gasteiger partial charge in [0.25, 0.3) is 5.56 Å². The highest BCUT2D eigenvalue weighted by molar-refractivity contribution is 5.75. The van der Waals surface area contributed by atoms with Gasteiger partial charge in [0.05, 0.1) is 30.1 Å². The second-order valence-electron chi connectivity index (χ2n) is 10.7. The molecule has 1 N–H and O–H groups in total. The number of piperidine rings is 1. The third kappa shape index (κ3) is 5.32. The molecule has 0 unspecified atom stereocenters. The Balaban J connectivity index is 1.12. The Hall–Kier alpha value is -4.15. The van der Waals surface area contributed by atoms with Crippen LogP contribution in [0, 0.1) is 5.82 Å². The number of nitrogens with zero attached hydrogens (tertiary/aromatic N) is 7. The number of benzene rings is 2. The van der Waals surface area contributed by atoms with Crippen LogP contribution >= 0.6 is 0 Å². The van der Waals surface area contributed by atoms with Gasteiger partial charge < -0.3 is 10.0 Å². The molecule has 1 atom stereocenters. The van der Waals surface area contributed by atoms with Crippen LogP contribution in [-0.2, 0) is 6.54 Å². The summed E-state index contributed by atoms with van der Waals surface area (Å²) in [6, 6.07) is 16.2. The molecule has 5 aromatic rings. The van der Waals surface area contributed by atoms with Gasteiger partial charge >= 0.3 is 0 Å². The fourth-order valence-corrected chi connectivity index (χ4v) is 5.40. The van der Waals surface area contributed by atoms with E-state index in [0.717, 1.165) is 42.9 Å². The van der Waals surface area contributed by atoms with Gasteiger partial charge in [-0.2, -0.15) is 10.2 Å². The van der Waals surface area contributed by atoms with E-state index in [2.05, 4.69) is 27.0 Å². The summed E-state index contributed by atoms with van der Waals surface area (Å²) in [5.74, 6) is -0.273. The number of hydrogen-bond acceptors (Lipinski definition) is 6. The average Bonchev–Trinajstić information content (AvgIpc) is 3.66. The molecule has 1 aliphatic heterocycles. The number of halogens is 1. The van der Waals surface area contributed by atoms with Gasteiger partial charge in [0, 0.05) is 32.0 Å². The third-order valence-corrected chi connectivity index (χ3v) is 7.93. The van der Waals surface area contributed by atoms with Crippen LogP contribution in [0.4, 0.5) is 4.39 Å². The van der Waals surface area contributed by atoms with Crippen LogP contribution in [0.3, 0.4) is 0 Å². The standard InChI is InChI=1S/C30H32FN7O2/c1-22(37-15-2-14-33-37)11-16-35-17-12-30(40,13-18-35)20-36-21-32-28-27(29(36)39)19-34-38(28)26-9-5-24(6-10-26)23-3-7-25(31)8-4-23/h2-10,14-15,19,21-22,40H,11-13,16-18,20H2,1H3/t22-/m0/s1. The molecule has 4 heterocycles. The van der Waals surface area contributed by atoms with Gasteiger partial charge in [-0.1, -0.05) is 24.3 Å². The molecule has 9 nitrogen and oxygen atoms in total. The highest BCUT2D eigenvalue weighted by Crippen LogP contribution is 2.26. The number of hydrogen-bond donors (Lipinski definition) is 1. The Morgan fingerprint density at radius 2 is 1.73 bits per heavy atom. The maximum absolute atomic E-state index is 13.3. The van der Waals surface area contributed by atoms with E-state index in [-0.39, 0.29) is 17.9 Å². The number of fused-ring (bicyclic) bond motifs is 1. The highest BCUT2D eigenvalue weighted by Gasteiger charge is 2.33. The van der Waals surface area contributed by atoms with Gasteiger partial charge in [0.15, 0.2) is 5.65 Å². The number of aliphatic hydroxyl groups is 1. The molecular formula is C30H32FN7O2. The number of likely N-dealkylation sites (tertiary alicyclic amines) is 1. The third-order valence-electron chi connectivity index (χ3n) is 7.93. The summed E-state index contributed by atoms with van der Waals surface area (Å²) in [5, 5.41) is 20.5. The summed E-state index contributed by atoms with van der Waals surface area (Å²) in [4.78, 5) is 20.2. The van der Waals surface area contributed by atoms with Crippen LogP contribution in [-0.4, -0.2) is 64.4 Å². The predicted octanol–water partition coefficient (Wildman–Crippen LogP) is 4.06. The largest absolute Gasteiger partial charge is 0.388 e. The Labute approximate surface area is 231 Å². The molecule has 1 saturated heterocycles. The molecule has 2 aromatic carbocycles. The molecule has 0 bridgehead atoms. The Kier molecular flexibility index (Phi) is 7.03. The normalized spacial score (nSPS) is 16.4. The molecule has 1 fully saturated rings. The first-order valence-corrected chi connectivity index (χ1v) is 13.6. The Morgan fingerprint density at radius 1 is 1.02 bits per heavy atom. The lowest BCUT2D eigenvalue weighted by Gasteiger charge is -2.38. The molecule has 10 heteroatoms. The molecule has 0 radical (unpaired) electrons. The minimum Gasteiger partial charge on any atom is -0.388 e. The summed E-state index contributed by atoms with van der Waals surface area (Å²) in [6.07, 6.45) is 8.98. The van der Waals surface area contributed by atoms with E-state index in [4.69, 9.17) is 0 Å². The summed E-state index contributed by atoms with van der Waals surface area (Å²) in [6.45, 7) is 4.85. The first kappa shape index (κ1) is 26.1. The molecule has 40 heavy (non-hydrogen) atoms. The quantitative estimate of drug-likeness (QED) is 0.318. The van der Waals surface area contributed by atoms with Crippen LogP contribution in [0.1, 0.15) is 32.2 Å². The van der Waals surface area contributed by atoms with Gasteiger partial charge in [0.2, 0.25) is 0 Å². The van der Waals surface area contributed by atoms with E-state index in [1.54, 1.807) is 23.0 Å². The predicted molar refractivity (Wildman–Crippen MR) is 151 cm³/mol. The molecule has 0 aliphatic carbocycles. The maximum atomic E-state index is 13.3. The van der Waals surface area contributed by atoms with Crippen molar-refractivity contribution in [1.29, 1.82) is 0 Å². The van der Waals surface area contributed by atoms with Crippen LogP contribution in [0.25, 0.3) is 27.8 Å². The Bertz CT molecular complexity index is 1630. The lowest BCUT2D eigenvalue weighted by Crippen LogP contribution is -2.48. The minimum atomic E-state index is -0.963. The van der Waals surface area contributed by atoms with Crippen LogP contribution < -0.4 is 5.56 Å². The van der Waals surface area contributed by atoms with Gasteiger partial charge in [-0.15, -0.1) is 0 Å². The smallest absolute Gasteiger partial charge is 0.264 e. The molecule has 0 saturated carbocycles. The van der Waals surface area contributed by atoms with Crippen molar-refractivity contribution < 1.29 is 9.50 Å². The van der Waals surface area contributed by atoms with Crippen molar-refractivity contribution in [2.75, 3.05) is 19.6 Å². The molecule has 206 valence electrons. The zero-order valence-corrected chi connectivity index (χ0v) is 22.4.